The van der Waals surface area contributed by atoms with Gasteiger partial charge in [-0.05, 0) is 30.7 Å². The molecule has 5 nitrogen and oxygen atoms in total. The largest absolute Gasteiger partial charge is 0.382 e. The van der Waals surface area contributed by atoms with E-state index >= 15 is 0 Å². The maximum absolute atomic E-state index is 13.5. The first-order chi connectivity index (χ1) is 10.8. The standard InChI is InChI=1S/C16H16FNO4S/c1-11-7-8-13(15(9-11)22-23(2,20)21)16(19)18-10-12-5-3-4-6-14(12)17/h3-9H,10H2,1-2H3,(H,18,19). The highest BCUT2D eigenvalue weighted by Gasteiger charge is 2.16. The Morgan fingerprint density at radius 1 is 1.22 bits per heavy atom. The molecule has 2 aromatic rings. The van der Waals surface area contributed by atoms with Crippen molar-refractivity contribution < 1.29 is 21.8 Å². The van der Waals surface area contributed by atoms with Gasteiger partial charge in [0.05, 0.1) is 11.8 Å². The maximum Gasteiger partial charge on any atom is 0.306 e. The number of carbonyl (C=O) groups is 1. The monoisotopic (exact) mass is 337 g/mol. The number of hydrogen-bond acceptors (Lipinski definition) is 4. The van der Waals surface area contributed by atoms with E-state index in [2.05, 4.69) is 5.32 Å². The average Bonchev–Trinajstić information content (AvgIpc) is 2.44. The van der Waals surface area contributed by atoms with Gasteiger partial charge >= 0.3 is 10.1 Å². The van der Waals surface area contributed by atoms with Gasteiger partial charge in [-0.1, -0.05) is 24.3 Å². The van der Waals surface area contributed by atoms with E-state index in [1.807, 2.05) is 0 Å². The molecule has 0 radical (unpaired) electrons. The van der Waals surface area contributed by atoms with E-state index in [1.54, 1.807) is 31.2 Å². The van der Waals surface area contributed by atoms with Crippen molar-refractivity contribution in [2.24, 2.45) is 0 Å². The summed E-state index contributed by atoms with van der Waals surface area (Å²) in [5.41, 5.74) is 1.14. The first-order valence-corrected chi connectivity index (χ1v) is 8.59. The van der Waals surface area contributed by atoms with Crippen molar-refractivity contribution in [2.75, 3.05) is 6.26 Å². The summed E-state index contributed by atoms with van der Waals surface area (Å²) >= 11 is 0. The van der Waals surface area contributed by atoms with Crippen LogP contribution in [0.2, 0.25) is 0 Å². The lowest BCUT2D eigenvalue weighted by Gasteiger charge is -2.11. The van der Waals surface area contributed by atoms with Crippen LogP contribution in [0.3, 0.4) is 0 Å². The Kier molecular flexibility index (Phi) is 5.00. The molecule has 122 valence electrons. The normalized spacial score (nSPS) is 11.1. The summed E-state index contributed by atoms with van der Waals surface area (Å²) in [6.45, 7) is 1.73. The zero-order valence-electron chi connectivity index (χ0n) is 12.7. The van der Waals surface area contributed by atoms with E-state index < -0.39 is 21.8 Å². The van der Waals surface area contributed by atoms with E-state index in [0.29, 0.717) is 5.56 Å². The molecule has 1 N–H and O–H groups in total. The highest BCUT2D eigenvalue weighted by molar-refractivity contribution is 7.86. The van der Waals surface area contributed by atoms with E-state index in [9.17, 15) is 17.6 Å². The van der Waals surface area contributed by atoms with Crippen LogP contribution in [0.4, 0.5) is 4.39 Å². The van der Waals surface area contributed by atoms with Crippen LogP contribution < -0.4 is 9.50 Å². The van der Waals surface area contributed by atoms with Crippen molar-refractivity contribution in [3.63, 3.8) is 0 Å². The molecule has 0 aliphatic carbocycles. The van der Waals surface area contributed by atoms with E-state index in [1.165, 1.54) is 18.2 Å². The molecule has 0 unspecified atom stereocenters. The van der Waals surface area contributed by atoms with Gasteiger partial charge in [-0.15, -0.1) is 0 Å². The van der Waals surface area contributed by atoms with Crippen molar-refractivity contribution in [3.8, 4) is 5.75 Å². The predicted molar refractivity (Wildman–Crippen MR) is 84.2 cm³/mol. The van der Waals surface area contributed by atoms with Crippen molar-refractivity contribution in [3.05, 3.63) is 65.0 Å². The number of carbonyl (C=O) groups excluding carboxylic acids is 1. The lowest BCUT2D eigenvalue weighted by Crippen LogP contribution is -2.24. The first-order valence-electron chi connectivity index (χ1n) is 6.78. The van der Waals surface area contributed by atoms with Crippen molar-refractivity contribution >= 4 is 16.0 Å². The molecule has 23 heavy (non-hydrogen) atoms. The van der Waals surface area contributed by atoms with E-state index in [-0.39, 0.29) is 17.9 Å². The lowest BCUT2D eigenvalue weighted by atomic mass is 10.1. The molecule has 0 bridgehead atoms. The fourth-order valence-corrected chi connectivity index (χ4v) is 2.43. The number of rotatable bonds is 5. The molecule has 1 amide bonds. The molecule has 0 spiro atoms. The van der Waals surface area contributed by atoms with Crippen LogP contribution in [-0.2, 0) is 16.7 Å². The van der Waals surface area contributed by atoms with Gasteiger partial charge in [0.15, 0.2) is 5.75 Å². The van der Waals surface area contributed by atoms with E-state index in [4.69, 9.17) is 4.18 Å². The second-order valence-corrected chi connectivity index (χ2v) is 6.64. The number of benzene rings is 2. The number of amides is 1. The zero-order chi connectivity index (χ0) is 17.0. The first kappa shape index (κ1) is 17.0. The summed E-state index contributed by atoms with van der Waals surface area (Å²) in [7, 11) is -3.76. The Morgan fingerprint density at radius 2 is 1.91 bits per heavy atom. The van der Waals surface area contributed by atoms with Crippen LogP contribution in [0.1, 0.15) is 21.5 Å². The summed E-state index contributed by atoms with van der Waals surface area (Å²) in [6.07, 6.45) is 0.899. The Morgan fingerprint density at radius 3 is 2.57 bits per heavy atom. The molecule has 0 atom stereocenters. The van der Waals surface area contributed by atoms with Crippen LogP contribution >= 0.6 is 0 Å². The second kappa shape index (κ2) is 6.78. The second-order valence-electron chi connectivity index (χ2n) is 5.06. The fourth-order valence-electron chi connectivity index (χ4n) is 1.96. The third kappa shape index (κ3) is 4.79. The van der Waals surface area contributed by atoms with Gasteiger partial charge in [-0.25, -0.2) is 4.39 Å². The van der Waals surface area contributed by atoms with Crippen molar-refractivity contribution in [1.29, 1.82) is 0 Å². The van der Waals surface area contributed by atoms with Gasteiger partial charge in [0.25, 0.3) is 5.91 Å². The summed E-state index contributed by atoms with van der Waals surface area (Å²) in [5, 5.41) is 2.55. The lowest BCUT2D eigenvalue weighted by molar-refractivity contribution is 0.0949. The Bertz CT molecular complexity index is 834. The number of hydrogen-bond donors (Lipinski definition) is 1. The molecule has 0 saturated carbocycles. The number of nitrogens with one attached hydrogen (secondary N) is 1. The quantitative estimate of drug-likeness (QED) is 0.851. The Hall–Kier alpha value is -2.41. The van der Waals surface area contributed by atoms with Gasteiger partial charge in [0.1, 0.15) is 5.82 Å². The van der Waals surface area contributed by atoms with Crippen LogP contribution in [0.15, 0.2) is 42.5 Å². The minimum absolute atomic E-state index is 0.0162. The fraction of sp³-hybridized carbons (Fsp3) is 0.188. The molecule has 7 heteroatoms. The minimum Gasteiger partial charge on any atom is -0.382 e. The van der Waals surface area contributed by atoms with Crippen molar-refractivity contribution in [1.82, 2.24) is 5.32 Å². The highest BCUT2D eigenvalue weighted by Crippen LogP contribution is 2.22. The molecule has 0 fully saturated rings. The SMILES string of the molecule is Cc1ccc(C(=O)NCc2ccccc2F)c(OS(C)(=O)=O)c1. The van der Waals surface area contributed by atoms with Crippen molar-refractivity contribution in [2.45, 2.75) is 13.5 Å². The van der Waals surface area contributed by atoms with Crippen LogP contribution in [-0.4, -0.2) is 20.6 Å². The van der Waals surface area contributed by atoms with E-state index in [0.717, 1.165) is 11.8 Å². The van der Waals surface area contributed by atoms with Crippen LogP contribution in [0.25, 0.3) is 0 Å². The third-order valence-electron chi connectivity index (χ3n) is 3.02. The summed E-state index contributed by atoms with van der Waals surface area (Å²) in [6, 6.07) is 10.6. The molecular formula is C16H16FNO4S. The Balaban J connectivity index is 2.20. The molecule has 0 saturated heterocycles. The molecule has 0 aliphatic heterocycles. The molecule has 0 heterocycles. The number of halogens is 1. The smallest absolute Gasteiger partial charge is 0.306 e. The average molecular weight is 337 g/mol. The summed E-state index contributed by atoms with van der Waals surface area (Å²) in [4.78, 5) is 12.2. The maximum atomic E-state index is 13.5. The minimum atomic E-state index is -3.76. The van der Waals surface area contributed by atoms with Gasteiger partial charge in [0, 0.05) is 12.1 Å². The molecule has 2 aromatic carbocycles. The third-order valence-corrected chi connectivity index (χ3v) is 3.50. The summed E-state index contributed by atoms with van der Waals surface area (Å²) in [5.74, 6) is -1.03. The van der Waals surface area contributed by atoms with Gasteiger partial charge in [-0.3, -0.25) is 4.79 Å². The van der Waals surface area contributed by atoms with Crippen LogP contribution in [0.5, 0.6) is 5.75 Å². The molecule has 2 rings (SSSR count). The van der Waals surface area contributed by atoms with Crippen LogP contribution in [0, 0.1) is 12.7 Å². The molecular weight excluding hydrogens is 321 g/mol. The predicted octanol–water partition coefficient (Wildman–Crippen LogP) is 2.40. The topological polar surface area (TPSA) is 72.5 Å². The van der Waals surface area contributed by atoms with Gasteiger partial charge in [0.2, 0.25) is 0 Å². The molecule has 0 aliphatic rings. The van der Waals surface area contributed by atoms with Gasteiger partial charge in [-0.2, -0.15) is 8.42 Å². The molecule has 0 aromatic heterocycles. The number of aryl methyl sites for hydroxylation is 1. The summed E-state index contributed by atoms with van der Waals surface area (Å²) < 4.78 is 41.0. The van der Waals surface area contributed by atoms with Gasteiger partial charge < -0.3 is 9.50 Å². The zero-order valence-corrected chi connectivity index (χ0v) is 13.5. The Labute approximate surface area is 134 Å². The highest BCUT2D eigenvalue weighted by atomic mass is 32.2.